The smallest absolute Gasteiger partial charge is 0.0233 e. The average molecular weight is 191 g/mol. The highest BCUT2D eigenvalue weighted by atomic mass is 15.1. The van der Waals surface area contributed by atoms with Crippen LogP contribution in [0.1, 0.15) is 30.0 Å². The molecular weight excluding hydrogens is 170 g/mol. The summed E-state index contributed by atoms with van der Waals surface area (Å²) in [5, 5.41) is 0. The first-order valence-corrected chi connectivity index (χ1v) is 5.38. The Bertz CT molecular complexity index is 291. The minimum Gasteiger partial charge on any atom is -0.302 e. The van der Waals surface area contributed by atoms with Crippen molar-refractivity contribution in [3.63, 3.8) is 0 Å². The van der Waals surface area contributed by atoms with Crippen LogP contribution in [0.25, 0.3) is 0 Å². The van der Waals surface area contributed by atoms with Crippen molar-refractivity contribution >= 4 is 0 Å². The molecule has 0 amide bonds. The third kappa shape index (κ3) is 3.15. The van der Waals surface area contributed by atoms with E-state index in [2.05, 4.69) is 50.9 Å². The standard InChI is InChI=1S/C13H21N/c1-5-8-14(4)10-13-7-6-11(2)9-12(13)3/h6-7,9H,5,8,10H2,1-4H3. The number of nitrogens with zero attached hydrogens (tertiary/aromatic N) is 1. The molecular formula is C13H21N. The molecule has 1 heteroatoms. The number of aryl methyl sites for hydroxylation is 2. The van der Waals surface area contributed by atoms with Crippen molar-refractivity contribution in [2.75, 3.05) is 13.6 Å². The SMILES string of the molecule is CCCN(C)Cc1ccc(C)cc1C. The van der Waals surface area contributed by atoms with Crippen LogP contribution in [0.2, 0.25) is 0 Å². The van der Waals surface area contributed by atoms with Gasteiger partial charge in [0, 0.05) is 6.54 Å². The minimum atomic E-state index is 1.07. The van der Waals surface area contributed by atoms with E-state index in [1.54, 1.807) is 0 Å². The molecule has 0 radical (unpaired) electrons. The summed E-state index contributed by atoms with van der Waals surface area (Å²) in [4.78, 5) is 2.37. The van der Waals surface area contributed by atoms with Gasteiger partial charge in [0.1, 0.15) is 0 Å². The fraction of sp³-hybridized carbons (Fsp3) is 0.538. The van der Waals surface area contributed by atoms with Crippen molar-refractivity contribution in [3.8, 4) is 0 Å². The van der Waals surface area contributed by atoms with Crippen molar-refractivity contribution in [1.29, 1.82) is 0 Å². The average Bonchev–Trinajstić information content (AvgIpc) is 2.10. The number of rotatable bonds is 4. The van der Waals surface area contributed by atoms with Gasteiger partial charge in [-0.05, 0) is 45.0 Å². The van der Waals surface area contributed by atoms with Gasteiger partial charge in [-0.15, -0.1) is 0 Å². The Balaban J connectivity index is 2.67. The number of hydrogen-bond acceptors (Lipinski definition) is 1. The van der Waals surface area contributed by atoms with Gasteiger partial charge in [0.2, 0.25) is 0 Å². The van der Waals surface area contributed by atoms with Gasteiger partial charge in [0.25, 0.3) is 0 Å². The predicted molar refractivity (Wildman–Crippen MR) is 62.5 cm³/mol. The highest BCUT2D eigenvalue weighted by Gasteiger charge is 2.01. The van der Waals surface area contributed by atoms with Gasteiger partial charge in [-0.25, -0.2) is 0 Å². The number of hydrogen-bond donors (Lipinski definition) is 0. The van der Waals surface area contributed by atoms with Gasteiger partial charge in [-0.1, -0.05) is 30.7 Å². The van der Waals surface area contributed by atoms with Crippen LogP contribution in [0, 0.1) is 13.8 Å². The molecule has 0 aromatic heterocycles. The normalized spacial score (nSPS) is 10.9. The van der Waals surface area contributed by atoms with E-state index in [0.717, 1.165) is 6.54 Å². The fourth-order valence-corrected chi connectivity index (χ4v) is 1.77. The lowest BCUT2D eigenvalue weighted by Crippen LogP contribution is -2.18. The molecule has 0 saturated heterocycles. The second kappa shape index (κ2) is 5.16. The Morgan fingerprint density at radius 2 is 1.93 bits per heavy atom. The maximum absolute atomic E-state index is 2.37. The number of benzene rings is 1. The monoisotopic (exact) mass is 191 g/mol. The molecule has 1 aromatic rings. The van der Waals surface area contributed by atoms with Crippen molar-refractivity contribution in [2.45, 2.75) is 33.7 Å². The molecule has 0 spiro atoms. The van der Waals surface area contributed by atoms with Crippen molar-refractivity contribution in [3.05, 3.63) is 34.9 Å². The Kier molecular flexibility index (Phi) is 4.15. The van der Waals surface area contributed by atoms with Gasteiger partial charge in [-0.3, -0.25) is 0 Å². The van der Waals surface area contributed by atoms with Crippen LogP contribution in [-0.2, 0) is 6.54 Å². The summed E-state index contributed by atoms with van der Waals surface area (Å²) >= 11 is 0. The van der Waals surface area contributed by atoms with Crippen LogP contribution < -0.4 is 0 Å². The maximum atomic E-state index is 2.37. The second-order valence-electron chi connectivity index (χ2n) is 4.17. The Morgan fingerprint density at radius 1 is 1.21 bits per heavy atom. The molecule has 0 N–H and O–H groups in total. The van der Waals surface area contributed by atoms with E-state index in [-0.39, 0.29) is 0 Å². The molecule has 14 heavy (non-hydrogen) atoms. The Morgan fingerprint density at radius 3 is 2.50 bits per heavy atom. The van der Waals surface area contributed by atoms with E-state index in [4.69, 9.17) is 0 Å². The molecule has 0 unspecified atom stereocenters. The largest absolute Gasteiger partial charge is 0.302 e. The highest BCUT2D eigenvalue weighted by molar-refractivity contribution is 5.30. The van der Waals surface area contributed by atoms with Crippen molar-refractivity contribution in [2.24, 2.45) is 0 Å². The first kappa shape index (κ1) is 11.3. The van der Waals surface area contributed by atoms with E-state index in [1.165, 1.54) is 29.7 Å². The Labute approximate surface area is 87.7 Å². The summed E-state index contributed by atoms with van der Waals surface area (Å²) in [6, 6.07) is 6.70. The zero-order chi connectivity index (χ0) is 10.6. The third-order valence-electron chi connectivity index (χ3n) is 2.54. The molecule has 0 heterocycles. The summed E-state index contributed by atoms with van der Waals surface area (Å²) in [6.45, 7) is 8.81. The van der Waals surface area contributed by atoms with Crippen LogP contribution in [-0.4, -0.2) is 18.5 Å². The molecule has 0 saturated carbocycles. The summed E-state index contributed by atoms with van der Waals surface area (Å²) in [6.07, 6.45) is 1.22. The van der Waals surface area contributed by atoms with E-state index in [0.29, 0.717) is 0 Å². The molecule has 0 aliphatic carbocycles. The summed E-state index contributed by atoms with van der Waals surface area (Å²) in [7, 11) is 2.18. The lowest BCUT2D eigenvalue weighted by molar-refractivity contribution is 0.327. The molecule has 0 atom stereocenters. The third-order valence-corrected chi connectivity index (χ3v) is 2.54. The molecule has 1 rings (SSSR count). The molecule has 0 fully saturated rings. The second-order valence-corrected chi connectivity index (χ2v) is 4.17. The quantitative estimate of drug-likeness (QED) is 0.706. The van der Waals surface area contributed by atoms with Crippen LogP contribution in [0.5, 0.6) is 0 Å². The first-order valence-electron chi connectivity index (χ1n) is 5.38. The van der Waals surface area contributed by atoms with Crippen LogP contribution in [0.4, 0.5) is 0 Å². The zero-order valence-electron chi connectivity index (χ0n) is 9.80. The first-order chi connectivity index (χ1) is 6.63. The highest BCUT2D eigenvalue weighted by Crippen LogP contribution is 2.12. The van der Waals surface area contributed by atoms with Gasteiger partial charge in [-0.2, -0.15) is 0 Å². The summed E-state index contributed by atoms with van der Waals surface area (Å²) in [5.41, 5.74) is 4.21. The molecule has 1 nitrogen and oxygen atoms in total. The molecule has 78 valence electrons. The zero-order valence-corrected chi connectivity index (χ0v) is 9.80. The minimum absolute atomic E-state index is 1.07. The molecule has 0 aliphatic heterocycles. The van der Waals surface area contributed by atoms with E-state index in [1.807, 2.05) is 0 Å². The molecule has 1 aromatic carbocycles. The topological polar surface area (TPSA) is 3.24 Å². The van der Waals surface area contributed by atoms with Gasteiger partial charge in [0.15, 0.2) is 0 Å². The Hall–Kier alpha value is -0.820. The van der Waals surface area contributed by atoms with Crippen molar-refractivity contribution < 1.29 is 0 Å². The maximum Gasteiger partial charge on any atom is 0.0233 e. The van der Waals surface area contributed by atoms with E-state index < -0.39 is 0 Å². The van der Waals surface area contributed by atoms with Gasteiger partial charge in [0.05, 0.1) is 0 Å². The molecule has 0 bridgehead atoms. The van der Waals surface area contributed by atoms with Gasteiger partial charge < -0.3 is 4.90 Å². The van der Waals surface area contributed by atoms with E-state index in [9.17, 15) is 0 Å². The van der Waals surface area contributed by atoms with E-state index >= 15 is 0 Å². The summed E-state index contributed by atoms with van der Waals surface area (Å²) < 4.78 is 0. The van der Waals surface area contributed by atoms with Gasteiger partial charge >= 0.3 is 0 Å². The molecule has 0 aliphatic rings. The fourth-order valence-electron chi connectivity index (χ4n) is 1.77. The van der Waals surface area contributed by atoms with Crippen LogP contribution >= 0.6 is 0 Å². The lowest BCUT2D eigenvalue weighted by atomic mass is 10.1. The van der Waals surface area contributed by atoms with Crippen molar-refractivity contribution in [1.82, 2.24) is 4.90 Å². The van der Waals surface area contributed by atoms with Crippen LogP contribution in [0.15, 0.2) is 18.2 Å². The van der Waals surface area contributed by atoms with Crippen LogP contribution in [0.3, 0.4) is 0 Å². The summed E-state index contributed by atoms with van der Waals surface area (Å²) in [5.74, 6) is 0. The predicted octanol–water partition coefficient (Wildman–Crippen LogP) is 3.15. The lowest BCUT2D eigenvalue weighted by Gasteiger charge is -2.17.